The summed E-state index contributed by atoms with van der Waals surface area (Å²) in [4.78, 5) is 23.9. The number of epoxide rings is 1. The summed E-state index contributed by atoms with van der Waals surface area (Å²) in [6.07, 6.45) is 38.0. The summed E-state index contributed by atoms with van der Waals surface area (Å²) in [5.74, 6) is 0.197. The highest BCUT2D eigenvalue weighted by Gasteiger charge is 2.35. The largest absolute Gasteiger partial charge is 0.463 e. The molecule has 1 heterocycles. The second kappa shape index (κ2) is 30.4. The maximum atomic E-state index is 11.9. The summed E-state index contributed by atoms with van der Waals surface area (Å²) in [5, 5.41) is 10.00. The highest BCUT2D eigenvalue weighted by Crippen LogP contribution is 2.29. The van der Waals surface area contributed by atoms with Crippen molar-refractivity contribution in [3.8, 4) is 0 Å². The molecular weight excluding hydrogens is 576 g/mol. The van der Waals surface area contributed by atoms with Gasteiger partial charge in [0, 0.05) is 12.8 Å². The van der Waals surface area contributed by atoms with E-state index in [4.69, 9.17) is 14.2 Å². The minimum atomic E-state index is -0.988. The normalized spacial score (nSPS) is 17.1. The van der Waals surface area contributed by atoms with Crippen LogP contribution < -0.4 is 0 Å². The summed E-state index contributed by atoms with van der Waals surface area (Å²) in [5.41, 5.74) is 0. The maximum Gasteiger partial charge on any atom is 0.305 e. The Morgan fingerprint density at radius 2 is 1.11 bits per heavy atom. The van der Waals surface area contributed by atoms with Crippen molar-refractivity contribution in [1.82, 2.24) is 0 Å². The molecule has 0 radical (unpaired) electrons. The second-order valence-electron chi connectivity index (χ2n) is 13.6. The molecule has 0 spiro atoms. The molecule has 0 aromatic rings. The first-order valence-electron chi connectivity index (χ1n) is 19.0. The van der Waals surface area contributed by atoms with Crippen molar-refractivity contribution >= 4 is 11.9 Å². The third kappa shape index (κ3) is 28.3. The first-order chi connectivity index (χ1) is 22.4. The van der Waals surface area contributed by atoms with Gasteiger partial charge in [-0.3, -0.25) is 9.59 Å². The van der Waals surface area contributed by atoms with Crippen molar-refractivity contribution in [2.45, 2.75) is 187 Å². The molecule has 6 nitrogen and oxygen atoms in total. The Morgan fingerprint density at radius 1 is 0.630 bits per heavy atom. The van der Waals surface area contributed by atoms with Crippen molar-refractivity contribution in [1.29, 1.82) is 0 Å². The number of esters is 2. The van der Waals surface area contributed by atoms with E-state index in [1.165, 1.54) is 83.5 Å². The zero-order valence-corrected chi connectivity index (χ0v) is 29.9. The minimum Gasteiger partial charge on any atom is -0.463 e. The van der Waals surface area contributed by atoms with Crippen molar-refractivity contribution in [2.24, 2.45) is 5.92 Å². The van der Waals surface area contributed by atoms with E-state index in [0.717, 1.165) is 50.9 Å². The fourth-order valence-corrected chi connectivity index (χ4v) is 5.42. The van der Waals surface area contributed by atoms with Crippen LogP contribution in [-0.4, -0.2) is 48.6 Å². The van der Waals surface area contributed by atoms with Gasteiger partial charge in [-0.2, -0.15) is 0 Å². The number of aliphatic hydroxyl groups is 1. The molecule has 1 aliphatic rings. The SMILES string of the molecule is CCCCC/C=C\CC1OC1C/C=C\C/C=C\CCCC(=O)OC[C@@H](O)COC(=O)CCCCCCCCCCCCCC(C)C. The maximum absolute atomic E-state index is 11.9. The lowest BCUT2D eigenvalue weighted by molar-refractivity contribution is -0.152. The van der Waals surface area contributed by atoms with Crippen LogP contribution in [0.5, 0.6) is 0 Å². The molecule has 1 rings (SSSR count). The molecule has 0 aliphatic carbocycles. The summed E-state index contributed by atoms with van der Waals surface area (Å²) in [7, 11) is 0. The average molecular weight is 647 g/mol. The predicted molar refractivity (Wildman–Crippen MR) is 191 cm³/mol. The van der Waals surface area contributed by atoms with E-state index in [1.54, 1.807) is 0 Å². The summed E-state index contributed by atoms with van der Waals surface area (Å²) in [6.45, 7) is 6.55. The van der Waals surface area contributed by atoms with Crippen LogP contribution in [0.3, 0.4) is 0 Å². The van der Waals surface area contributed by atoms with Crippen LogP contribution in [0.1, 0.15) is 168 Å². The summed E-state index contributed by atoms with van der Waals surface area (Å²) >= 11 is 0. The molecule has 6 heteroatoms. The number of unbranched alkanes of at least 4 members (excludes halogenated alkanes) is 14. The topological polar surface area (TPSA) is 85.4 Å². The van der Waals surface area contributed by atoms with Crippen LogP contribution in [0.15, 0.2) is 36.5 Å². The van der Waals surface area contributed by atoms with Gasteiger partial charge < -0.3 is 19.3 Å². The molecule has 0 amide bonds. The first kappa shape index (κ1) is 42.1. The van der Waals surface area contributed by atoms with E-state index in [0.29, 0.717) is 31.5 Å². The van der Waals surface area contributed by atoms with Crippen molar-refractivity contribution in [3.05, 3.63) is 36.5 Å². The van der Waals surface area contributed by atoms with Crippen LogP contribution in [0, 0.1) is 5.92 Å². The third-order valence-corrected chi connectivity index (χ3v) is 8.46. The number of carbonyl (C=O) groups is 2. The molecule has 0 saturated carbocycles. The molecule has 2 unspecified atom stereocenters. The standard InChI is InChI=1S/C40H70O6/c1-4-5-6-7-19-24-29-37-38(46-37)30-25-20-15-13-17-22-27-32-40(43)45-34-36(41)33-44-39(42)31-26-21-16-12-10-8-9-11-14-18-23-28-35(2)3/h13,17,19-20,24-25,35-38,41H,4-12,14-16,18,21-23,26-34H2,1-3H3/b17-13-,24-19-,25-20-/t36-,37?,38?/m0/s1. The van der Waals surface area contributed by atoms with Crippen LogP contribution in [0.25, 0.3) is 0 Å². The Balaban J connectivity index is 1.87. The van der Waals surface area contributed by atoms with Gasteiger partial charge in [0.2, 0.25) is 0 Å². The van der Waals surface area contributed by atoms with Gasteiger partial charge in [-0.25, -0.2) is 0 Å². The number of carbonyl (C=O) groups excluding carboxylic acids is 2. The number of allylic oxidation sites excluding steroid dienone is 4. The quantitative estimate of drug-likeness (QED) is 0.0339. The number of ether oxygens (including phenoxy) is 3. The van der Waals surface area contributed by atoms with E-state index in [9.17, 15) is 14.7 Å². The molecule has 1 saturated heterocycles. The van der Waals surface area contributed by atoms with Gasteiger partial charge in [-0.1, -0.05) is 141 Å². The van der Waals surface area contributed by atoms with Crippen molar-refractivity contribution in [2.75, 3.05) is 13.2 Å². The lowest BCUT2D eigenvalue weighted by Crippen LogP contribution is -2.25. The molecule has 0 aromatic carbocycles. The van der Waals surface area contributed by atoms with E-state index in [2.05, 4.69) is 57.2 Å². The predicted octanol–water partition coefficient (Wildman–Crippen LogP) is 10.5. The van der Waals surface area contributed by atoms with E-state index >= 15 is 0 Å². The fourth-order valence-electron chi connectivity index (χ4n) is 5.42. The van der Waals surface area contributed by atoms with Gasteiger partial charge in [-0.05, 0) is 57.3 Å². The van der Waals surface area contributed by atoms with Crippen LogP contribution >= 0.6 is 0 Å². The van der Waals surface area contributed by atoms with Gasteiger partial charge >= 0.3 is 11.9 Å². The number of hydrogen-bond acceptors (Lipinski definition) is 6. The Bertz CT molecular complexity index is 817. The van der Waals surface area contributed by atoms with Crippen LogP contribution in [0.4, 0.5) is 0 Å². The van der Waals surface area contributed by atoms with Crippen LogP contribution in [-0.2, 0) is 23.8 Å². The molecule has 1 aliphatic heterocycles. The zero-order chi connectivity index (χ0) is 33.5. The molecule has 0 aromatic heterocycles. The van der Waals surface area contributed by atoms with Gasteiger partial charge in [0.1, 0.15) is 19.3 Å². The molecular formula is C40H70O6. The van der Waals surface area contributed by atoms with Gasteiger partial charge in [0.15, 0.2) is 0 Å². The Labute approximate surface area is 282 Å². The van der Waals surface area contributed by atoms with Crippen molar-refractivity contribution < 1.29 is 28.9 Å². The van der Waals surface area contributed by atoms with Gasteiger partial charge in [0.05, 0.1) is 12.2 Å². The molecule has 1 fully saturated rings. The monoisotopic (exact) mass is 647 g/mol. The Hall–Kier alpha value is -1.92. The van der Waals surface area contributed by atoms with Crippen LogP contribution in [0.2, 0.25) is 0 Å². The molecule has 1 N–H and O–H groups in total. The minimum absolute atomic E-state index is 0.135. The number of hydrogen-bond donors (Lipinski definition) is 1. The average Bonchev–Trinajstić information content (AvgIpc) is 3.79. The lowest BCUT2D eigenvalue weighted by atomic mass is 10.0. The summed E-state index contributed by atoms with van der Waals surface area (Å²) in [6, 6.07) is 0. The first-order valence-corrected chi connectivity index (χ1v) is 19.0. The van der Waals surface area contributed by atoms with E-state index in [1.807, 2.05) is 0 Å². The lowest BCUT2D eigenvalue weighted by Gasteiger charge is -2.12. The van der Waals surface area contributed by atoms with Gasteiger partial charge in [0.25, 0.3) is 0 Å². The molecule has 46 heavy (non-hydrogen) atoms. The van der Waals surface area contributed by atoms with Crippen molar-refractivity contribution in [3.63, 3.8) is 0 Å². The number of rotatable bonds is 32. The smallest absolute Gasteiger partial charge is 0.305 e. The Morgan fingerprint density at radius 3 is 1.70 bits per heavy atom. The highest BCUT2D eigenvalue weighted by molar-refractivity contribution is 5.69. The third-order valence-electron chi connectivity index (χ3n) is 8.46. The van der Waals surface area contributed by atoms with E-state index < -0.39 is 6.10 Å². The molecule has 0 bridgehead atoms. The number of aliphatic hydroxyl groups excluding tert-OH is 1. The second-order valence-corrected chi connectivity index (χ2v) is 13.6. The highest BCUT2D eigenvalue weighted by atomic mass is 16.6. The fraction of sp³-hybridized carbons (Fsp3) is 0.800. The van der Waals surface area contributed by atoms with Gasteiger partial charge in [-0.15, -0.1) is 0 Å². The molecule has 3 atom stereocenters. The Kier molecular flexibility index (Phi) is 27.8. The summed E-state index contributed by atoms with van der Waals surface area (Å²) < 4.78 is 16.0. The molecule has 266 valence electrons. The van der Waals surface area contributed by atoms with E-state index in [-0.39, 0.29) is 25.2 Å². The zero-order valence-electron chi connectivity index (χ0n) is 29.9.